The molecule has 0 aliphatic heterocycles. The lowest BCUT2D eigenvalue weighted by Crippen LogP contribution is -2.02. The molecule has 4 heteroatoms. The zero-order valence-corrected chi connectivity index (χ0v) is 10.3. The van der Waals surface area contributed by atoms with E-state index < -0.39 is 0 Å². The van der Waals surface area contributed by atoms with E-state index in [1.165, 1.54) is 0 Å². The number of para-hydroxylation sites is 1. The molecule has 0 radical (unpaired) electrons. The van der Waals surface area contributed by atoms with Gasteiger partial charge in [0.2, 0.25) is 0 Å². The van der Waals surface area contributed by atoms with E-state index >= 15 is 0 Å². The minimum absolute atomic E-state index is 0.144. The van der Waals surface area contributed by atoms with Gasteiger partial charge in [-0.05, 0) is 18.2 Å². The van der Waals surface area contributed by atoms with Crippen LogP contribution in [-0.4, -0.2) is 34.0 Å². The Morgan fingerprint density at radius 2 is 2.18 bits per heavy atom. The van der Waals surface area contributed by atoms with Crippen molar-refractivity contribution in [1.29, 1.82) is 0 Å². The summed E-state index contributed by atoms with van der Waals surface area (Å²) in [7, 11) is 0. The fourth-order valence-corrected chi connectivity index (χ4v) is 2.53. The van der Waals surface area contributed by atoms with E-state index in [0.717, 1.165) is 28.6 Å². The van der Waals surface area contributed by atoms with Crippen LogP contribution in [0.5, 0.6) is 0 Å². The number of carbonyl (C=O) groups excluding carboxylic acids is 1. The average Bonchev–Trinajstić information content (AvgIpc) is 2.78. The number of H-pyrrole nitrogens is 1. The number of thioether (sulfide) groups is 1. The third-order valence-corrected chi connectivity index (χ3v) is 3.61. The van der Waals surface area contributed by atoms with Crippen LogP contribution in [0.1, 0.15) is 16.8 Å². The molecular weight excluding hydrogens is 234 g/mol. The van der Waals surface area contributed by atoms with Gasteiger partial charge >= 0.3 is 0 Å². The second-order valence-electron chi connectivity index (χ2n) is 3.80. The Hall–Kier alpha value is -1.26. The van der Waals surface area contributed by atoms with Crippen LogP contribution in [0, 0.1) is 0 Å². The Balaban J connectivity index is 2.04. The summed E-state index contributed by atoms with van der Waals surface area (Å²) in [4.78, 5) is 15.1. The fraction of sp³-hybridized carbons (Fsp3) is 0.308. The SMILES string of the molecule is O=C(CSCCCO)c1c[nH]c2ccccc12. The molecule has 17 heavy (non-hydrogen) atoms. The summed E-state index contributed by atoms with van der Waals surface area (Å²) in [6.45, 7) is 0.189. The van der Waals surface area contributed by atoms with E-state index in [0.29, 0.717) is 5.75 Å². The van der Waals surface area contributed by atoms with Crippen molar-refractivity contribution < 1.29 is 9.90 Å². The average molecular weight is 249 g/mol. The van der Waals surface area contributed by atoms with E-state index in [-0.39, 0.29) is 12.4 Å². The lowest BCUT2D eigenvalue weighted by molar-refractivity contribution is 0.102. The molecule has 2 rings (SSSR count). The summed E-state index contributed by atoms with van der Waals surface area (Å²) in [5.74, 6) is 1.44. The largest absolute Gasteiger partial charge is 0.396 e. The number of rotatable bonds is 6. The van der Waals surface area contributed by atoms with Gasteiger partial charge in [-0.15, -0.1) is 0 Å². The molecular formula is C13H15NO2S. The molecule has 0 aliphatic carbocycles. The summed E-state index contributed by atoms with van der Waals surface area (Å²) in [5, 5.41) is 9.64. The van der Waals surface area contributed by atoms with Crippen LogP contribution in [0.3, 0.4) is 0 Å². The molecule has 2 N–H and O–H groups in total. The van der Waals surface area contributed by atoms with Gasteiger partial charge in [-0.2, -0.15) is 11.8 Å². The molecule has 1 heterocycles. The number of aliphatic hydroxyl groups is 1. The van der Waals surface area contributed by atoms with Gasteiger partial charge in [0.15, 0.2) is 5.78 Å². The fourth-order valence-electron chi connectivity index (χ4n) is 1.71. The van der Waals surface area contributed by atoms with Gasteiger partial charge in [-0.1, -0.05) is 18.2 Å². The van der Waals surface area contributed by atoms with Gasteiger partial charge in [0.1, 0.15) is 0 Å². The highest BCUT2D eigenvalue weighted by atomic mass is 32.2. The maximum absolute atomic E-state index is 12.0. The first-order valence-electron chi connectivity index (χ1n) is 5.61. The van der Waals surface area contributed by atoms with Gasteiger partial charge in [0.25, 0.3) is 0 Å². The molecule has 0 saturated heterocycles. The van der Waals surface area contributed by atoms with E-state index in [2.05, 4.69) is 4.98 Å². The number of aromatic amines is 1. The highest BCUT2D eigenvalue weighted by Gasteiger charge is 2.11. The standard InChI is InChI=1S/C13H15NO2S/c15-6-3-7-17-9-13(16)11-8-14-12-5-2-1-4-10(11)12/h1-2,4-5,8,14-15H,3,6-7,9H2. The first kappa shape index (κ1) is 12.2. The number of hydrogen-bond donors (Lipinski definition) is 2. The summed E-state index contributed by atoms with van der Waals surface area (Å²) >= 11 is 1.57. The van der Waals surface area contributed by atoms with Crippen molar-refractivity contribution in [2.75, 3.05) is 18.1 Å². The van der Waals surface area contributed by atoms with Gasteiger partial charge in [0.05, 0.1) is 5.75 Å². The first-order chi connectivity index (χ1) is 8.33. The summed E-state index contributed by atoms with van der Waals surface area (Å²) in [6, 6.07) is 7.80. The number of benzene rings is 1. The van der Waals surface area contributed by atoms with Crippen molar-refractivity contribution in [3.05, 3.63) is 36.0 Å². The Labute approximate surface area is 104 Å². The summed E-state index contributed by atoms with van der Waals surface area (Å²) < 4.78 is 0. The van der Waals surface area contributed by atoms with Crippen molar-refractivity contribution >= 4 is 28.4 Å². The second-order valence-corrected chi connectivity index (χ2v) is 4.91. The van der Waals surface area contributed by atoms with Crippen molar-refractivity contribution in [3.63, 3.8) is 0 Å². The Morgan fingerprint density at radius 1 is 1.35 bits per heavy atom. The number of fused-ring (bicyclic) bond motifs is 1. The molecule has 0 bridgehead atoms. The molecule has 0 amide bonds. The predicted octanol–water partition coefficient (Wildman–Crippen LogP) is 2.47. The molecule has 90 valence electrons. The van der Waals surface area contributed by atoms with Crippen LogP contribution < -0.4 is 0 Å². The van der Waals surface area contributed by atoms with Crippen LogP contribution >= 0.6 is 11.8 Å². The highest BCUT2D eigenvalue weighted by Crippen LogP contribution is 2.19. The number of hydrogen-bond acceptors (Lipinski definition) is 3. The van der Waals surface area contributed by atoms with Crippen molar-refractivity contribution in [1.82, 2.24) is 4.98 Å². The van der Waals surface area contributed by atoms with Crippen LogP contribution in [0.25, 0.3) is 10.9 Å². The molecule has 1 aromatic heterocycles. The van der Waals surface area contributed by atoms with Crippen LogP contribution in [0.15, 0.2) is 30.5 Å². The number of aromatic nitrogens is 1. The van der Waals surface area contributed by atoms with Gasteiger partial charge in [0, 0.05) is 29.3 Å². The van der Waals surface area contributed by atoms with E-state index in [1.807, 2.05) is 24.3 Å². The zero-order valence-electron chi connectivity index (χ0n) is 9.48. The number of aliphatic hydroxyl groups excluding tert-OH is 1. The minimum atomic E-state index is 0.144. The van der Waals surface area contributed by atoms with E-state index in [1.54, 1.807) is 18.0 Å². The zero-order chi connectivity index (χ0) is 12.1. The molecule has 0 unspecified atom stereocenters. The number of carbonyl (C=O) groups is 1. The molecule has 0 atom stereocenters. The molecule has 0 aliphatic rings. The summed E-state index contributed by atoms with van der Waals surface area (Å²) in [5.41, 5.74) is 1.76. The van der Waals surface area contributed by atoms with Crippen LogP contribution in [-0.2, 0) is 0 Å². The number of ketones is 1. The van der Waals surface area contributed by atoms with Gasteiger partial charge < -0.3 is 10.1 Å². The van der Waals surface area contributed by atoms with Gasteiger partial charge in [-0.3, -0.25) is 4.79 Å². The molecule has 1 aromatic carbocycles. The monoisotopic (exact) mass is 249 g/mol. The van der Waals surface area contributed by atoms with Crippen molar-refractivity contribution in [2.45, 2.75) is 6.42 Å². The normalized spacial score (nSPS) is 10.9. The quantitative estimate of drug-likeness (QED) is 0.611. The lowest BCUT2D eigenvalue weighted by Gasteiger charge is -1.99. The van der Waals surface area contributed by atoms with E-state index in [4.69, 9.17) is 5.11 Å². The second kappa shape index (κ2) is 5.89. The summed E-state index contributed by atoms with van der Waals surface area (Å²) in [6.07, 6.45) is 2.52. The minimum Gasteiger partial charge on any atom is -0.396 e. The Bertz CT molecular complexity index is 507. The van der Waals surface area contributed by atoms with Crippen molar-refractivity contribution in [3.8, 4) is 0 Å². The lowest BCUT2D eigenvalue weighted by atomic mass is 10.1. The van der Waals surface area contributed by atoms with Crippen molar-refractivity contribution in [2.24, 2.45) is 0 Å². The van der Waals surface area contributed by atoms with E-state index in [9.17, 15) is 4.79 Å². The van der Waals surface area contributed by atoms with Gasteiger partial charge in [-0.25, -0.2) is 0 Å². The third kappa shape index (κ3) is 2.90. The van der Waals surface area contributed by atoms with Crippen LogP contribution in [0.4, 0.5) is 0 Å². The first-order valence-corrected chi connectivity index (χ1v) is 6.76. The molecule has 0 spiro atoms. The van der Waals surface area contributed by atoms with Crippen LogP contribution in [0.2, 0.25) is 0 Å². The third-order valence-electron chi connectivity index (χ3n) is 2.57. The molecule has 0 saturated carbocycles. The topological polar surface area (TPSA) is 53.1 Å². The number of nitrogens with one attached hydrogen (secondary N) is 1. The predicted molar refractivity (Wildman–Crippen MR) is 71.7 cm³/mol. The maximum Gasteiger partial charge on any atom is 0.174 e. The smallest absolute Gasteiger partial charge is 0.174 e. The highest BCUT2D eigenvalue weighted by molar-refractivity contribution is 7.99. The molecule has 0 fully saturated rings. The Morgan fingerprint density at radius 3 is 3.00 bits per heavy atom. The Kier molecular flexibility index (Phi) is 4.23. The molecule has 2 aromatic rings. The number of Topliss-reactive ketones (excluding diaryl/α,β-unsaturated/α-hetero) is 1. The maximum atomic E-state index is 12.0. The molecule has 3 nitrogen and oxygen atoms in total.